The van der Waals surface area contributed by atoms with Crippen molar-refractivity contribution in [3.05, 3.63) is 36.0 Å². The number of amides is 1. The predicted octanol–water partition coefficient (Wildman–Crippen LogP) is 2.20. The summed E-state index contributed by atoms with van der Waals surface area (Å²) in [4.78, 5) is 15.5. The lowest BCUT2D eigenvalue weighted by atomic mass is 9.98. The highest BCUT2D eigenvalue weighted by Gasteiger charge is 2.35. The molecule has 1 aliphatic rings. The number of para-hydroxylation sites is 1. The number of aromatic amines is 1. The molecule has 1 heterocycles. The Morgan fingerprint density at radius 2 is 2.05 bits per heavy atom. The molecule has 0 unspecified atom stereocenters. The van der Waals surface area contributed by atoms with Crippen molar-refractivity contribution in [2.75, 3.05) is 6.61 Å². The molecule has 1 fully saturated rings. The quantitative estimate of drug-likeness (QED) is 0.790. The first-order valence-corrected chi connectivity index (χ1v) is 6.74. The number of hydrogen-bond acceptors (Lipinski definition) is 2. The molecule has 0 radical (unpaired) electrons. The Bertz CT molecular complexity index is 597. The van der Waals surface area contributed by atoms with Gasteiger partial charge < -0.3 is 15.4 Å². The average Bonchev–Trinajstić information content (AvgIpc) is 3.05. The van der Waals surface area contributed by atoms with Gasteiger partial charge in [0.05, 0.1) is 17.7 Å². The lowest BCUT2D eigenvalue weighted by molar-refractivity contribution is 0.0840. The molecule has 1 aliphatic carbocycles. The van der Waals surface area contributed by atoms with Crippen LogP contribution in [-0.2, 0) is 0 Å². The van der Waals surface area contributed by atoms with Gasteiger partial charge in [0.15, 0.2) is 0 Å². The van der Waals surface area contributed by atoms with E-state index in [-0.39, 0.29) is 12.5 Å². The second-order valence-corrected chi connectivity index (χ2v) is 5.35. The van der Waals surface area contributed by atoms with E-state index in [1.807, 2.05) is 24.3 Å². The molecule has 1 aromatic carbocycles. The number of aromatic nitrogens is 1. The summed E-state index contributed by atoms with van der Waals surface area (Å²) in [7, 11) is 0. The summed E-state index contributed by atoms with van der Waals surface area (Å²) in [5.74, 6) is -0.103. The normalized spacial score (nSPS) is 17.7. The van der Waals surface area contributed by atoms with E-state index in [1.165, 1.54) is 0 Å². The Labute approximate surface area is 111 Å². The molecule has 4 nitrogen and oxygen atoms in total. The van der Waals surface area contributed by atoms with Crippen LogP contribution < -0.4 is 5.32 Å². The van der Waals surface area contributed by atoms with Gasteiger partial charge in [0.2, 0.25) is 0 Å². The largest absolute Gasteiger partial charge is 0.394 e. The molecule has 2 aromatic rings. The van der Waals surface area contributed by atoms with Crippen LogP contribution in [0.4, 0.5) is 0 Å². The number of aliphatic hydroxyl groups is 1. The average molecular weight is 258 g/mol. The van der Waals surface area contributed by atoms with Crippen molar-refractivity contribution in [1.82, 2.24) is 10.3 Å². The summed E-state index contributed by atoms with van der Waals surface area (Å²) in [5, 5.41) is 13.5. The van der Waals surface area contributed by atoms with Gasteiger partial charge in [0, 0.05) is 17.1 Å². The number of H-pyrrole nitrogens is 1. The molecule has 0 spiro atoms. The van der Waals surface area contributed by atoms with Crippen molar-refractivity contribution in [1.29, 1.82) is 0 Å². The SMILES string of the molecule is O=C(NC1(CO)CCCC1)c1c[nH]c2ccccc12. The number of nitrogens with one attached hydrogen (secondary N) is 2. The van der Waals surface area contributed by atoms with E-state index in [1.54, 1.807) is 6.20 Å². The molecule has 4 heteroatoms. The van der Waals surface area contributed by atoms with Gasteiger partial charge in [-0.2, -0.15) is 0 Å². The van der Waals surface area contributed by atoms with Gasteiger partial charge in [-0.3, -0.25) is 4.79 Å². The fourth-order valence-electron chi connectivity index (χ4n) is 2.94. The monoisotopic (exact) mass is 258 g/mol. The first-order valence-electron chi connectivity index (χ1n) is 6.74. The molecule has 3 rings (SSSR count). The molecule has 0 atom stereocenters. The molecular formula is C15H18N2O2. The van der Waals surface area contributed by atoms with Crippen molar-refractivity contribution in [2.24, 2.45) is 0 Å². The summed E-state index contributed by atoms with van der Waals surface area (Å²) in [6, 6.07) is 7.74. The molecule has 100 valence electrons. The van der Waals surface area contributed by atoms with Gasteiger partial charge in [0.25, 0.3) is 5.91 Å². The highest BCUT2D eigenvalue weighted by Crippen LogP contribution is 2.30. The van der Waals surface area contributed by atoms with Crippen molar-refractivity contribution in [3.63, 3.8) is 0 Å². The van der Waals surface area contributed by atoms with Crippen LogP contribution in [-0.4, -0.2) is 28.1 Å². The summed E-state index contributed by atoms with van der Waals surface area (Å²) < 4.78 is 0. The lowest BCUT2D eigenvalue weighted by Crippen LogP contribution is -2.49. The maximum atomic E-state index is 12.4. The minimum Gasteiger partial charge on any atom is -0.394 e. The maximum absolute atomic E-state index is 12.4. The Balaban J connectivity index is 1.88. The highest BCUT2D eigenvalue weighted by atomic mass is 16.3. The second-order valence-electron chi connectivity index (χ2n) is 5.35. The van der Waals surface area contributed by atoms with E-state index in [2.05, 4.69) is 10.3 Å². The zero-order chi connectivity index (χ0) is 13.3. The summed E-state index contributed by atoms with van der Waals surface area (Å²) in [5.41, 5.74) is 1.18. The molecular weight excluding hydrogens is 240 g/mol. The van der Waals surface area contributed by atoms with Gasteiger partial charge in [-0.05, 0) is 18.9 Å². The number of carbonyl (C=O) groups is 1. The first-order chi connectivity index (χ1) is 9.24. The van der Waals surface area contributed by atoms with E-state index < -0.39 is 5.54 Å². The van der Waals surface area contributed by atoms with Gasteiger partial charge in [0.1, 0.15) is 0 Å². The van der Waals surface area contributed by atoms with Crippen LogP contribution >= 0.6 is 0 Å². The Hall–Kier alpha value is -1.81. The molecule has 3 N–H and O–H groups in total. The van der Waals surface area contributed by atoms with E-state index in [4.69, 9.17) is 0 Å². The fraction of sp³-hybridized carbons (Fsp3) is 0.400. The second kappa shape index (κ2) is 4.70. The number of carbonyl (C=O) groups excluding carboxylic acids is 1. The van der Waals surface area contributed by atoms with Crippen molar-refractivity contribution < 1.29 is 9.90 Å². The van der Waals surface area contributed by atoms with Gasteiger partial charge in [-0.1, -0.05) is 31.0 Å². The smallest absolute Gasteiger partial charge is 0.253 e. The van der Waals surface area contributed by atoms with Crippen molar-refractivity contribution in [2.45, 2.75) is 31.2 Å². The molecule has 19 heavy (non-hydrogen) atoms. The summed E-state index contributed by atoms with van der Waals surface area (Å²) in [6.07, 6.45) is 5.58. The van der Waals surface area contributed by atoms with E-state index in [0.717, 1.165) is 36.6 Å². The number of aliphatic hydroxyl groups excluding tert-OH is 1. The lowest BCUT2D eigenvalue weighted by Gasteiger charge is -2.27. The molecule has 1 amide bonds. The van der Waals surface area contributed by atoms with E-state index in [9.17, 15) is 9.90 Å². The van der Waals surface area contributed by atoms with Crippen LogP contribution in [0.5, 0.6) is 0 Å². The van der Waals surface area contributed by atoms with Crippen LogP contribution in [0.2, 0.25) is 0 Å². The number of benzene rings is 1. The minimum absolute atomic E-state index is 0.0150. The van der Waals surface area contributed by atoms with Crippen LogP contribution in [0.3, 0.4) is 0 Å². The summed E-state index contributed by atoms with van der Waals surface area (Å²) >= 11 is 0. The molecule has 1 aromatic heterocycles. The minimum atomic E-state index is -0.421. The third-order valence-electron chi connectivity index (χ3n) is 4.08. The number of rotatable bonds is 3. The zero-order valence-corrected chi connectivity index (χ0v) is 10.8. The predicted molar refractivity (Wildman–Crippen MR) is 74.0 cm³/mol. The third-order valence-corrected chi connectivity index (χ3v) is 4.08. The molecule has 1 saturated carbocycles. The van der Waals surface area contributed by atoms with Crippen LogP contribution in [0.25, 0.3) is 10.9 Å². The molecule has 0 bridgehead atoms. The van der Waals surface area contributed by atoms with Crippen LogP contribution in [0.15, 0.2) is 30.5 Å². The number of fused-ring (bicyclic) bond motifs is 1. The third kappa shape index (κ3) is 2.12. The summed E-state index contributed by atoms with van der Waals surface area (Å²) in [6.45, 7) is 0.0150. The zero-order valence-electron chi connectivity index (χ0n) is 10.8. The van der Waals surface area contributed by atoms with Crippen LogP contribution in [0.1, 0.15) is 36.0 Å². The van der Waals surface area contributed by atoms with Gasteiger partial charge in [-0.25, -0.2) is 0 Å². The maximum Gasteiger partial charge on any atom is 0.253 e. The standard InChI is InChI=1S/C15H18N2O2/c18-10-15(7-3-4-8-15)17-14(19)12-9-16-13-6-2-1-5-11(12)13/h1-2,5-6,9,16,18H,3-4,7-8,10H2,(H,17,19). The Morgan fingerprint density at radius 3 is 2.79 bits per heavy atom. The van der Waals surface area contributed by atoms with Gasteiger partial charge >= 0.3 is 0 Å². The van der Waals surface area contributed by atoms with Crippen LogP contribution in [0, 0.1) is 0 Å². The fourth-order valence-corrected chi connectivity index (χ4v) is 2.94. The van der Waals surface area contributed by atoms with Crippen molar-refractivity contribution in [3.8, 4) is 0 Å². The molecule has 0 aliphatic heterocycles. The highest BCUT2D eigenvalue weighted by molar-refractivity contribution is 6.06. The number of hydrogen-bond donors (Lipinski definition) is 3. The van der Waals surface area contributed by atoms with E-state index in [0.29, 0.717) is 5.56 Å². The van der Waals surface area contributed by atoms with E-state index >= 15 is 0 Å². The Morgan fingerprint density at radius 1 is 1.32 bits per heavy atom. The Kier molecular flexibility index (Phi) is 3.03. The first kappa shape index (κ1) is 12.2. The molecule has 0 saturated heterocycles. The van der Waals surface area contributed by atoms with Gasteiger partial charge in [-0.15, -0.1) is 0 Å². The topological polar surface area (TPSA) is 65.1 Å². The van der Waals surface area contributed by atoms with Crippen molar-refractivity contribution >= 4 is 16.8 Å².